The predicted molar refractivity (Wildman–Crippen MR) is 65.3 cm³/mol. The Morgan fingerprint density at radius 1 is 1.39 bits per heavy atom. The van der Waals surface area contributed by atoms with Crippen LogP contribution in [0.5, 0.6) is 0 Å². The molecule has 104 valence electrons. The second kappa shape index (κ2) is 7.17. The maximum absolute atomic E-state index is 11.6. The van der Waals surface area contributed by atoms with E-state index < -0.39 is 24.6 Å². The van der Waals surface area contributed by atoms with E-state index in [0.29, 0.717) is 6.54 Å². The first kappa shape index (κ1) is 14.7. The molecule has 0 spiro atoms. The Labute approximate surface area is 106 Å². The van der Waals surface area contributed by atoms with Gasteiger partial charge >= 0.3 is 12.0 Å². The third-order valence-electron chi connectivity index (χ3n) is 3.08. The highest BCUT2D eigenvalue weighted by molar-refractivity contribution is 5.82. The Balaban J connectivity index is 2.29. The molecular formula is C11H21N3O4. The zero-order valence-corrected chi connectivity index (χ0v) is 10.6. The molecule has 0 aliphatic carbocycles. The number of aliphatic hydroxyl groups is 1. The van der Waals surface area contributed by atoms with Crippen molar-refractivity contribution in [1.29, 1.82) is 0 Å². The molecule has 18 heavy (non-hydrogen) atoms. The Bertz CT molecular complexity index is 292. The van der Waals surface area contributed by atoms with E-state index in [2.05, 4.69) is 10.2 Å². The highest BCUT2D eigenvalue weighted by Crippen LogP contribution is 2.06. The summed E-state index contributed by atoms with van der Waals surface area (Å²) in [5.74, 6) is -1.24. The lowest BCUT2D eigenvalue weighted by atomic mass is 10.3. The number of likely N-dealkylation sites (N-methyl/N-ethyl adjacent to an activating group) is 1. The van der Waals surface area contributed by atoms with E-state index in [0.717, 1.165) is 19.6 Å². The molecule has 7 nitrogen and oxygen atoms in total. The maximum Gasteiger partial charge on any atom is 0.328 e. The van der Waals surface area contributed by atoms with Crippen molar-refractivity contribution in [2.45, 2.75) is 18.9 Å². The lowest BCUT2D eigenvalue weighted by Gasteiger charge is -2.23. The van der Waals surface area contributed by atoms with Crippen LogP contribution < -0.4 is 5.32 Å². The molecular weight excluding hydrogens is 238 g/mol. The van der Waals surface area contributed by atoms with Gasteiger partial charge in [-0.25, -0.2) is 9.59 Å². The molecule has 0 saturated carbocycles. The van der Waals surface area contributed by atoms with E-state index in [-0.39, 0.29) is 0 Å². The van der Waals surface area contributed by atoms with Gasteiger partial charge in [-0.15, -0.1) is 0 Å². The first-order valence-corrected chi connectivity index (χ1v) is 6.12. The van der Waals surface area contributed by atoms with Crippen LogP contribution in [0.3, 0.4) is 0 Å². The van der Waals surface area contributed by atoms with Gasteiger partial charge in [-0.2, -0.15) is 0 Å². The molecule has 0 bridgehead atoms. The third kappa shape index (κ3) is 4.50. The van der Waals surface area contributed by atoms with Gasteiger partial charge in [-0.1, -0.05) is 0 Å². The van der Waals surface area contributed by atoms with Crippen LogP contribution in [-0.2, 0) is 4.79 Å². The van der Waals surface area contributed by atoms with Crippen LogP contribution in [0.15, 0.2) is 0 Å². The number of carboxylic acids is 1. The van der Waals surface area contributed by atoms with Crippen molar-refractivity contribution in [3.63, 3.8) is 0 Å². The first-order chi connectivity index (χ1) is 8.54. The summed E-state index contributed by atoms with van der Waals surface area (Å²) < 4.78 is 0. The Kier molecular flexibility index (Phi) is 5.87. The number of carboxylic acid groups (broad SMARTS) is 1. The van der Waals surface area contributed by atoms with Gasteiger partial charge in [-0.05, 0) is 25.9 Å². The quantitative estimate of drug-likeness (QED) is 0.579. The van der Waals surface area contributed by atoms with Crippen LogP contribution in [-0.4, -0.2) is 77.9 Å². The molecule has 0 radical (unpaired) electrons. The highest BCUT2D eigenvalue weighted by Gasteiger charge is 2.21. The molecule has 1 saturated heterocycles. The number of aliphatic carboxylic acids is 1. The van der Waals surface area contributed by atoms with Gasteiger partial charge in [-0.3, -0.25) is 0 Å². The topological polar surface area (TPSA) is 93.1 Å². The number of amides is 2. The van der Waals surface area contributed by atoms with Crippen LogP contribution in [0.4, 0.5) is 4.79 Å². The Hall–Kier alpha value is -1.34. The molecule has 1 aliphatic heterocycles. The third-order valence-corrected chi connectivity index (χ3v) is 3.08. The molecule has 2 amide bonds. The smallest absolute Gasteiger partial charge is 0.328 e. The summed E-state index contributed by atoms with van der Waals surface area (Å²) in [6.07, 6.45) is 2.39. The first-order valence-electron chi connectivity index (χ1n) is 6.12. The monoisotopic (exact) mass is 259 g/mol. The summed E-state index contributed by atoms with van der Waals surface area (Å²) >= 11 is 0. The molecule has 1 rings (SSSR count). The van der Waals surface area contributed by atoms with Gasteiger partial charge in [0.25, 0.3) is 0 Å². The van der Waals surface area contributed by atoms with E-state index in [1.807, 2.05) is 0 Å². The zero-order chi connectivity index (χ0) is 13.5. The van der Waals surface area contributed by atoms with Gasteiger partial charge in [0.05, 0.1) is 6.61 Å². The second-order valence-electron chi connectivity index (χ2n) is 4.49. The van der Waals surface area contributed by atoms with Crippen molar-refractivity contribution in [2.24, 2.45) is 0 Å². The lowest BCUT2D eigenvalue weighted by Crippen LogP contribution is -2.49. The summed E-state index contributed by atoms with van der Waals surface area (Å²) in [5, 5.41) is 19.8. The van der Waals surface area contributed by atoms with E-state index in [4.69, 9.17) is 10.2 Å². The van der Waals surface area contributed by atoms with Gasteiger partial charge < -0.3 is 25.3 Å². The molecule has 1 atom stereocenters. The number of carbonyl (C=O) groups is 2. The highest BCUT2D eigenvalue weighted by atomic mass is 16.4. The molecule has 1 heterocycles. The molecule has 7 heteroatoms. The number of rotatable bonds is 6. The fourth-order valence-electron chi connectivity index (χ4n) is 1.84. The van der Waals surface area contributed by atoms with Gasteiger partial charge in [0, 0.05) is 20.1 Å². The predicted octanol–water partition coefficient (Wildman–Crippen LogP) is -0.831. The second-order valence-corrected chi connectivity index (χ2v) is 4.49. The van der Waals surface area contributed by atoms with Gasteiger partial charge in [0.15, 0.2) is 6.04 Å². The van der Waals surface area contributed by atoms with Crippen molar-refractivity contribution in [1.82, 2.24) is 15.1 Å². The van der Waals surface area contributed by atoms with Crippen molar-refractivity contribution in [3.05, 3.63) is 0 Å². The average Bonchev–Trinajstić information content (AvgIpc) is 2.85. The largest absolute Gasteiger partial charge is 0.480 e. The molecule has 1 unspecified atom stereocenters. The number of aliphatic hydroxyl groups excluding tert-OH is 1. The SMILES string of the molecule is CN(CCN1CCCC1)C(=O)NC(CO)C(=O)O. The summed E-state index contributed by atoms with van der Waals surface area (Å²) in [7, 11) is 1.61. The Morgan fingerprint density at radius 2 is 2.00 bits per heavy atom. The number of hydrogen-bond acceptors (Lipinski definition) is 4. The van der Waals surface area contributed by atoms with Crippen LogP contribution in [0, 0.1) is 0 Å². The van der Waals surface area contributed by atoms with E-state index >= 15 is 0 Å². The minimum Gasteiger partial charge on any atom is -0.480 e. The minimum atomic E-state index is -1.24. The van der Waals surface area contributed by atoms with E-state index in [1.54, 1.807) is 7.05 Å². The van der Waals surface area contributed by atoms with Crippen LogP contribution >= 0.6 is 0 Å². The van der Waals surface area contributed by atoms with Crippen LogP contribution in [0.1, 0.15) is 12.8 Å². The summed E-state index contributed by atoms with van der Waals surface area (Å²) in [6, 6.07) is -1.72. The van der Waals surface area contributed by atoms with Crippen molar-refractivity contribution < 1.29 is 19.8 Å². The lowest BCUT2D eigenvalue weighted by molar-refractivity contribution is -0.140. The van der Waals surface area contributed by atoms with E-state index in [1.165, 1.54) is 17.7 Å². The molecule has 0 aromatic heterocycles. The van der Waals surface area contributed by atoms with Crippen LogP contribution in [0.2, 0.25) is 0 Å². The fraction of sp³-hybridized carbons (Fsp3) is 0.818. The molecule has 3 N–H and O–H groups in total. The number of likely N-dealkylation sites (tertiary alicyclic amines) is 1. The van der Waals surface area contributed by atoms with Crippen molar-refractivity contribution in [3.8, 4) is 0 Å². The van der Waals surface area contributed by atoms with Gasteiger partial charge in [0.1, 0.15) is 0 Å². The van der Waals surface area contributed by atoms with Crippen molar-refractivity contribution >= 4 is 12.0 Å². The standard InChI is InChI=1S/C11H21N3O4/c1-13(6-7-14-4-2-3-5-14)11(18)12-9(8-15)10(16)17/h9,15H,2-8H2,1H3,(H,12,18)(H,16,17). The minimum absolute atomic E-state index is 0.476. The average molecular weight is 259 g/mol. The molecule has 0 aromatic carbocycles. The summed E-state index contributed by atoms with van der Waals surface area (Å²) in [5.41, 5.74) is 0. The summed E-state index contributed by atoms with van der Waals surface area (Å²) in [4.78, 5) is 26.0. The number of carbonyl (C=O) groups excluding carboxylic acids is 1. The molecule has 0 aromatic rings. The normalized spacial score (nSPS) is 17.4. The van der Waals surface area contributed by atoms with Gasteiger partial charge in [0.2, 0.25) is 0 Å². The Morgan fingerprint density at radius 3 is 2.50 bits per heavy atom. The number of nitrogens with one attached hydrogen (secondary N) is 1. The fourth-order valence-corrected chi connectivity index (χ4v) is 1.84. The van der Waals surface area contributed by atoms with Crippen molar-refractivity contribution in [2.75, 3.05) is 39.8 Å². The summed E-state index contributed by atoms with van der Waals surface area (Å²) in [6.45, 7) is 2.85. The number of hydrogen-bond donors (Lipinski definition) is 3. The van der Waals surface area contributed by atoms with E-state index in [9.17, 15) is 9.59 Å². The molecule has 1 aliphatic rings. The number of urea groups is 1. The molecule has 1 fully saturated rings. The van der Waals surface area contributed by atoms with Crippen LogP contribution in [0.25, 0.3) is 0 Å². The number of nitrogens with zero attached hydrogens (tertiary/aromatic N) is 2. The zero-order valence-electron chi connectivity index (χ0n) is 10.6. The maximum atomic E-state index is 11.6.